The lowest BCUT2D eigenvalue weighted by Crippen LogP contribution is -2.17. The van der Waals surface area contributed by atoms with Gasteiger partial charge in [-0.3, -0.25) is 4.79 Å². The Bertz CT molecular complexity index is 1080. The van der Waals surface area contributed by atoms with Crippen molar-refractivity contribution in [2.45, 2.75) is 39.5 Å². The average Bonchev–Trinajstić information content (AvgIpc) is 2.95. The summed E-state index contributed by atoms with van der Waals surface area (Å²) in [6, 6.07) is 5.26. The minimum absolute atomic E-state index is 0.0231. The molecule has 0 aliphatic rings. The fourth-order valence-corrected chi connectivity index (χ4v) is 4.00. The van der Waals surface area contributed by atoms with Crippen LogP contribution in [0.25, 0.3) is 0 Å². The maximum Gasteiger partial charge on any atom is 0.343 e. The van der Waals surface area contributed by atoms with Gasteiger partial charge in [0.05, 0.1) is 35.5 Å². The molecule has 0 aliphatic heterocycles. The lowest BCUT2D eigenvalue weighted by molar-refractivity contribution is -0.142. The molecule has 0 atom stereocenters. The van der Waals surface area contributed by atoms with E-state index in [2.05, 4.69) is 13.8 Å². The van der Waals surface area contributed by atoms with Gasteiger partial charge in [0.15, 0.2) is 30.7 Å². The van der Waals surface area contributed by atoms with Gasteiger partial charge in [-0.2, -0.15) is 0 Å². The summed E-state index contributed by atoms with van der Waals surface area (Å²) >= 11 is 0. The van der Waals surface area contributed by atoms with Crippen molar-refractivity contribution in [3.63, 3.8) is 0 Å². The third-order valence-corrected chi connectivity index (χ3v) is 6.04. The van der Waals surface area contributed by atoms with Crippen LogP contribution < -0.4 is 28.4 Å². The molecule has 0 aliphatic carbocycles. The van der Waals surface area contributed by atoms with E-state index >= 15 is 0 Å². The SMILES string of the molecule is COCOc1c(OC)cc(CCC(=O)c2c(OC)cc(OC)c(CCC(C)C)c2OCC(=O)OC)cc1OC. The van der Waals surface area contributed by atoms with E-state index in [0.717, 1.165) is 12.0 Å². The van der Waals surface area contributed by atoms with Crippen LogP contribution in [-0.2, 0) is 27.1 Å². The van der Waals surface area contributed by atoms with Gasteiger partial charge in [-0.05, 0) is 42.9 Å². The van der Waals surface area contributed by atoms with Crippen molar-refractivity contribution in [2.24, 2.45) is 5.92 Å². The number of hydrogen-bond acceptors (Lipinski definition) is 10. The number of carbonyl (C=O) groups excluding carboxylic acids is 2. The maximum absolute atomic E-state index is 13.7. The molecule has 10 nitrogen and oxygen atoms in total. The largest absolute Gasteiger partial charge is 0.496 e. The first-order valence-electron chi connectivity index (χ1n) is 12.6. The maximum atomic E-state index is 13.7. The Balaban J connectivity index is 2.49. The molecule has 0 heterocycles. The number of hydrogen-bond donors (Lipinski definition) is 0. The molecule has 2 rings (SSSR count). The smallest absolute Gasteiger partial charge is 0.343 e. The first-order chi connectivity index (χ1) is 18.7. The third-order valence-electron chi connectivity index (χ3n) is 6.04. The van der Waals surface area contributed by atoms with Crippen LogP contribution in [0, 0.1) is 5.92 Å². The van der Waals surface area contributed by atoms with Crippen molar-refractivity contribution in [1.29, 1.82) is 0 Å². The summed E-state index contributed by atoms with van der Waals surface area (Å²) < 4.78 is 43.4. The van der Waals surface area contributed by atoms with Crippen molar-refractivity contribution < 1.29 is 47.5 Å². The molecule has 216 valence electrons. The molecule has 0 bridgehead atoms. The van der Waals surface area contributed by atoms with Gasteiger partial charge in [0.2, 0.25) is 5.75 Å². The number of Topliss-reactive ketones (excluding diaryl/α,β-unsaturated/α-hetero) is 1. The molecule has 0 N–H and O–H groups in total. The van der Waals surface area contributed by atoms with Crippen LogP contribution in [0.2, 0.25) is 0 Å². The van der Waals surface area contributed by atoms with Gasteiger partial charge in [-0.1, -0.05) is 13.8 Å². The van der Waals surface area contributed by atoms with Crippen LogP contribution in [-0.4, -0.2) is 67.8 Å². The van der Waals surface area contributed by atoms with Crippen molar-refractivity contribution in [1.82, 2.24) is 0 Å². The molecule has 2 aromatic rings. The highest BCUT2D eigenvalue weighted by Gasteiger charge is 2.27. The zero-order valence-electron chi connectivity index (χ0n) is 24.1. The topological polar surface area (TPSA) is 108 Å². The average molecular weight is 549 g/mol. The second-order valence-electron chi connectivity index (χ2n) is 9.06. The zero-order valence-corrected chi connectivity index (χ0v) is 24.1. The molecular weight excluding hydrogens is 508 g/mol. The minimum Gasteiger partial charge on any atom is -0.496 e. The second-order valence-corrected chi connectivity index (χ2v) is 9.06. The quantitative estimate of drug-likeness (QED) is 0.157. The predicted octanol–water partition coefficient (Wildman–Crippen LogP) is 4.66. The Morgan fingerprint density at radius 1 is 0.744 bits per heavy atom. The van der Waals surface area contributed by atoms with Crippen molar-refractivity contribution >= 4 is 11.8 Å². The molecule has 39 heavy (non-hydrogen) atoms. The molecule has 0 radical (unpaired) electrons. The van der Waals surface area contributed by atoms with E-state index < -0.39 is 5.97 Å². The molecule has 0 amide bonds. The first-order valence-corrected chi connectivity index (χ1v) is 12.6. The summed E-state index contributed by atoms with van der Waals surface area (Å²) in [5, 5.41) is 0. The summed E-state index contributed by atoms with van der Waals surface area (Å²) in [6.45, 7) is 3.87. The highest BCUT2D eigenvalue weighted by molar-refractivity contribution is 6.02. The van der Waals surface area contributed by atoms with E-state index in [4.69, 9.17) is 37.9 Å². The molecule has 2 aromatic carbocycles. The van der Waals surface area contributed by atoms with E-state index in [9.17, 15) is 9.59 Å². The Hall–Kier alpha value is -3.66. The Kier molecular flexibility index (Phi) is 12.7. The van der Waals surface area contributed by atoms with E-state index in [-0.39, 0.29) is 36.9 Å². The lowest BCUT2D eigenvalue weighted by atomic mass is 9.94. The number of aryl methyl sites for hydroxylation is 1. The van der Waals surface area contributed by atoms with E-state index in [1.165, 1.54) is 35.5 Å². The summed E-state index contributed by atoms with van der Waals surface area (Å²) in [6.07, 6.45) is 1.88. The number of ether oxygens (including phenoxy) is 8. The second kappa shape index (κ2) is 15.7. The number of methoxy groups -OCH3 is 6. The van der Waals surface area contributed by atoms with E-state index in [1.54, 1.807) is 25.3 Å². The van der Waals surface area contributed by atoms with Crippen LogP contribution in [0.4, 0.5) is 0 Å². The van der Waals surface area contributed by atoms with Crippen molar-refractivity contribution in [3.05, 3.63) is 34.9 Å². The molecule has 0 saturated carbocycles. The zero-order chi connectivity index (χ0) is 28.9. The van der Waals surface area contributed by atoms with Gasteiger partial charge < -0.3 is 37.9 Å². The van der Waals surface area contributed by atoms with Gasteiger partial charge in [0, 0.05) is 25.2 Å². The summed E-state index contributed by atoms with van der Waals surface area (Å²) in [5.74, 6) is 1.99. The highest BCUT2D eigenvalue weighted by atomic mass is 16.7. The lowest BCUT2D eigenvalue weighted by Gasteiger charge is -2.21. The first kappa shape index (κ1) is 31.6. The number of rotatable bonds is 17. The molecule has 0 saturated heterocycles. The van der Waals surface area contributed by atoms with Gasteiger partial charge in [-0.15, -0.1) is 0 Å². The molecular formula is C29H40O10. The predicted molar refractivity (Wildman–Crippen MR) is 145 cm³/mol. The van der Waals surface area contributed by atoms with Gasteiger partial charge in [-0.25, -0.2) is 4.79 Å². The van der Waals surface area contributed by atoms with Crippen LogP contribution in [0.15, 0.2) is 18.2 Å². The summed E-state index contributed by atoms with van der Waals surface area (Å²) in [4.78, 5) is 25.7. The van der Waals surface area contributed by atoms with Crippen molar-refractivity contribution in [3.8, 4) is 34.5 Å². The Morgan fingerprint density at radius 3 is 1.87 bits per heavy atom. The van der Waals surface area contributed by atoms with Crippen LogP contribution in [0.3, 0.4) is 0 Å². The summed E-state index contributed by atoms with van der Waals surface area (Å²) in [7, 11) is 8.85. The summed E-state index contributed by atoms with van der Waals surface area (Å²) in [5.41, 5.74) is 1.74. The number of ketones is 1. The molecule has 0 spiro atoms. The number of esters is 1. The Labute approximate surface area is 230 Å². The fourth-order valence-electron chi connectivity index (χ4n) is 4.00. The van der Waals surface area contributed by atoms with Gasteiger partial charge >= 0.3 is 5.97 Å². The van der Waals surface area contributed by atoms with E-state index in [1.807, 2.05) is 0 Å². The number of benzene rings is 2. The van der Waals surface area contributed by atoms with Crippen LogP contribution in [0.5, 0.6) is 34.5 Å². The van der Waals surface area contributed by atoms with E-state index in [0.29, 0.717) is 53.1 Å². The van der Waals surface area contributed by atoms with Crippen molar-refractivity contribution in [2.75, 3.05) is 56.1 Å². The fraction of sp³-hybridized carbons (Fsp3) is 0.517. The standard InChI is InChI=1S/C29H40O10/c1-18(2)9-11-20-22(33-4)15-23(34-5)27(28(20)38-16-26(31)37-8)21(30)12-10-19-13-24(35-6)29(39-17-32-3)25(14-19)36-7/h13-15,18H,9-12,16-17H2,1-8H3. The highest BCUT2D eigenvalue weighted by Crippen LogP contribution is 2.42. The number of carbonyl (C=O) groups is 2. The molecule has 0 fully saturated rings. The monoisotopic (exact) mass is 548 g/mol. The van der Waals surface area contributed by atoms with Crippen LogP contribution >= 0.6 is 0 Å². The molecule has 0 unspecified atom stereocenters. The third kappa shape index (κ3) is 8.41. The van der Waals surface area contributed by atoms with Gasteiger partial charge in [0.1, 0.15) is 22.8 Å². The normalized spacial score (nSPS) is 10.7. The van der Waals surface area contributed by atoms with Gasteiger partial charge in [0.25, 0.3) is 0 Å². The minimum atomic E-state index is -0.569. The van der Waals surface area contributed by atoms with Crippen LogP contribution in [0.1, 0.15) is 48.2 Å². The molecule has 0 aromatic heterocycles. The molecule has 10 heteroatoms. The Morgan fingerprint density at radius 2 is 1.36 bits per heavy atom.